The molecule has 19 heavy (non-hydrogen) atoms. The van der Waals surface area contributed by atoms with Crippen LogP contribution in [0.15, 0.2) is 12.3 Å². The van der Waals surface area contributed by atoms with Gasteiger partial charge in [-0.25, -0.2) is 0 Å². The van der Waals surface area contributed by atoms with E-state index >= 15 is 0 Å². The highest BCUT2D eigenvalue weighted by Crippen LogP contribution is 2.13. The monoisotopic (exact) mass is 266 g/mol. The molecule has 0 aliphatic carbocycles. The number of anilines is 1. The largest absolute Gasteiger partial charge is 0.397 e. The van der Waals surface area contributed by atoms with Gasteiger partial charge in [0.05, 0.1) is 5.69 Å². The smallest absolute Gasteiger partial charge is 0.270 e. The molecule has 0 fully saturated rings. The molecule has 0 atom stereocenters. The number of hydrogen-bond acceptors (Lipinski definition) is 3. The highest BCUT2D eigenvalue weighted by Gasteiger charge is 2.16. The van der Waals surface area contributed by atoms with Crippen molar-refractivity contribution < 1.29 is 4.79 Å². The maximum absolute atomic E-state index is 12.4. The molecule has 5 heteroatoms. The van der Waals surface area contributed by atoms with E-state index in [1.165, 1.54) is 0 Å². The maximum atomic E-state index is 12.4. The highest BCUT2D eigenvalue weighted by molar-refractivity contribution is 5.93. The van der Waals surface area contributed by atoms with Gasteiger partial charge in [0.15, 0.2) is 0 Å². The first-order valence-electron chi connectivity index (χ1n) is 6.81. The average Bonchev–Trinajstić information content (AvgIpc) is 2.69. The number of rotatable bonds is 7. The van der Waals surface area contributed by atoms with E-state index in [2.05, 4.69) is 11.8 Å². The van der Waals surface area contributed by atoms with E-state index in [9.17, 15) is 4.79 Å². The summed E-state index contributed by atoms with van der Waals surface area (Å²) in [6.45, 7) is 4.65. The molecule has 1 amide bonds. The third-order valence-electron chi connectivity index (χ3n) is 3.05. The second kappa shape index (κ2) is 7.19. The zero-order chi connectivity index (χ0) is 14.4. The molecule has 2 N–H and O–H groups in total. The zero-order valence-electron chi connectivity index (χ0n) is 12.5. The van der Waals surface area contributed by atoms with Crippen LogP contribution in [0, 0.1) is 0 Å². The lowest BCUT2D eigenvalue weighted by molar-refractivity contribution is 0.0780. The Bertz CT molecular complexity index is 412. The first kappa shape index (κ1) is 15.6. The second-order valence-corrected chi connectivity index (χ2v) is 5.24. The van der Waals surface area contributed by atoms with Gasteiger partial charge in [0.2, 0.25) is 0 Å². The SMILES string of the molecule is CCCn1cc(N)cc1C(=O)N(C)CCCN(C)C. The molecule has 1 aromatic rings. The summed E-state index contributed by atoms with van der Waals surface area (Å²) < 4.78 is 1.94. The Morgan fingerprint density at radius 1 is 1.32 bits per heavy atom. The van der Waals surface area contributed by atoms with E-state index in [0.29, 0.717) is 11.4 Å². The Hall–Kier alpha value is -1.49. The van der Waals surface area contributed by atoms with E-state index in [-0.39, 0.29) is 5.91 Å². The number of aromatic nitrogens is 1. The third kappa shape index (κ3) is 4.59. The van der Waals surface area contributed by atoms with Gasteiger partial charge >= 0.3 is 0 Å². The van der Waals surface area contributed by atoms with Crippen LogP contribution in [0.1, 0.15) is 30.3 Å². The summed E-state index contributed by atoms with van der Waals surface area (Å²) in [6, 6.07) is 1.76. The lowest BCUT2D eigenvalue weighted by Crippen LogP contribution is -2.31. The minimum atomic E-state index is 0.0453. The quantitative estimate of drug-likeness (QED) is 0.814. The van der Waals surface area contributed by atoms with Crippen molar-refractivity contribution in [3.63, 3.8) is 0 Å². The third-order valence-corrected chi connectivity index (χ3v) is 3.05. The predicted molar refractivity (Wildman–Crippen MR) is 79.3 cm³/mol. The van der Waals surface area contributed by atoms with Crippen LogP contribution in [0.25, 0.3) is 0 Å². The zero-order valence-corrected chi connectivity index (χ0v) is 12.5. The van der Waals surface area contributed by atoms with Crippen LogP contribution in [-0.2, 0) is 6.54 Å². The van der Waals surface area contributed by atoms with Crippen molar-refractivity contribution in [3.8, 4) is 0 Å². The Labute approximate surface area is 116 Å². The molecule has 0 saturated heterocycles. The number of nitrogens with two attached hydrogens (primary N) is 1. The van der Waals surface area contributed by atoms with Crippen LogP contribution in [0.2, 0.25) is 0 Å². The van der Waals surface area contributed by atoms with E-state index in [1.54, 1.807) is 11.0 Å². The molecular weight excluding hydrogens is 240 g/mol. The summed E-state index contributed by atoms with van der Waals surface area (Å²) in [5.41, 5.74) is 7.13. The number of nitrogen functional groups attached to an aromatic ring is 1. The molecule has 0 unspecified atom stereocenters. The molecule has 0 aromatic carbocycles. The molecule has 5 nitrogen and oxygen atoms in total. The summed E-state index contributed by atoms with van der Waals surface area (Å²) in [4.78, 5) is 16.3. The van der Waals surface area contributed by atoms with Gasteiger partial charge in [-0.3, -0.25) is 4.79 Å². The summed E-state index contributed by atoms with van der Waals surface area (Å²) in [5, 5.41) is 0. The lowest BCUT2D eigenvalue weighted by Gasteiger charge is -2.19. The Morgan fingerprint density at radius 3 is 2.58 bits per heavy atom. The minimum absolute atomic E-state index is 0.0453. The van der Waals surface area contributed by atoms with Gasteiger partial charge in [0, 0.05) is 26.3 Å². The van der Waals surface area contributed by atoms with Crippen LogP contribution >= 0.6 is 0 Å². The predicted octanol–water partition coefficient (Wildman–Crippen LogP) is 1.50. The van der Waals surface area contributed by atoms with E-state index in [1.807, 2.05) is 31.9 Å². The van der Waals surface area contributed by atoms with Crippen LogP contribution in [0.5, 0.6) is 0 Å². The molecule has 1 heterocycles. The van der Waals surface area contributed by atoms with E-state index in [0.717, 1.165) is 32.5 Å². The number of nitrogens with zero attached hydrogens (tertiary/aromatic N) is 3. The van der Waals surface area contributed by atoms with Gasteiger partial charge in [-0.05, 0) is 39.5 Å². The molecule has 0 saturated carbocycles. The number of carbonyl (C=O) groups excluding carboxylic acids is 1. The van der Waals surface area contributed by atoms with Crippen molar-refractivity contribution in [3.05, 3.63) is 18.0 Å². The first-order valence-corrected chi connectivity index (χ1v) is 6.81. The van der Waals surface area contributed by atoms with Gasteiger partial charge in [-0.2, -0.15) is 0 Å². The van der Waals surface area contributed by atoms with Crippen molar-refractivity contribution in [1.29, 1.82) is 0 Å². The maximum Gasteiger partial charge on any atom is 0.270 e. The van der Waals surface area contributed by atoms with Crippen molar-refractivity contribution in [2.45, 2.75) is 26.3 Å². The van der Waals surface area contributed by atoms with Gasteiger partial charge < -0.3 is 20.1 Å². The second-order valence-electron chi connectivity index (χ2n) is 5.24. The number of carbonyl (C=O) groups is 1. The molecule has 1 aromatic heterocycles. The van der Waals surface area contributed by atoms with Crippen molar-refractivity contribution in [2.75, 3.05) is 40.0 Å². The summed E-state index contributed by atoms with van der Waals surface area (Å²) in [7, 11) is 5.92. The van der Waals surface area contributed by atoms with Crippen LogP contribution in [-0.4, -0.2) is 54.5 Å². The van der Waals surface area contributed by atoms with Gasteiger partial charge in [-0.1, -0.05) is 6.92 Å². The molecule has 108 valence electrons. The van der Waals surface area contributed by atoms with Gasteiger partial charge in [-0.15, -0.1) is 0 Å². The normalized spacial score (nSPS) is 11.0. The summed E-state index contributed by atoms with van der Waals surface area (Å²) >= 11 is 0. The van der Waals surface area contributed by atoms with E-state index < -0.39 is 0 Å². The van der Waals surface area contributed by atoms with Gasteiger partial charge in [0.25, 0.3) is 5.91 Å². The fourth-order valence-corrected chi connectivity index (χ4v) is 2.06. The summed E-state index contributed by atoms with van der Waals surface area (Å²) in [6.07, 6.45) is 3.79. The molecule has 0 bridgehead atoms. The fourth-order valence-electron chi connectivity index (χ4n) is 2.06. The van der Waals surface area contributed by atoms with Crippen molar-refractivity contribution in [1.82, 2.24) is 14.4 Å². The van der Waals surface area contributed by atoms with Crippen LogP contribution < -0.4 is 5.73 Å². The number of aryl methyl sites for hydroxylation is 1. The average molecular weight is 266 g/mol. The fraction of sp³-hybridized carbons (Fsp3) is 0.643. The van der Waals surface area contributed by atoms with Crippen LogP contribution in [0.4, 0.5) is 5.69 Å². The molecule has 1 rings (SSSR count). The Morgan fingerprint density at radius 2 is 2.00 bits per heavy atom. The molecular formula is C14H26N4O. The topological polar surface area (TPSA) is 54.5 Å². The Kier molecular flexibility index (Phi) is 5.89. The Balaban J connectivity index is 2.65. The van der Waals surface area contributed by atoms with Crippen LogP contribution in [0.3, 0.4) is 0 Å². The first-order chi connectivity index (χ1) is 8.95. The molecule has 0 radical (unpaired) electrons. The number of amides is 1. The molecule has 0 spiro atoms. The minimum Gasteiger partial charge on any atom is -0.397 e. The van der Waals surface area contributed by atoms with E-state index in [4.69, 9.17) is 5.73 Å². The highest BCUT2D eigenvalue weighted by atomic mass is 16.2. The number of hydrogen-bond donors (Lipinski definition) is 1. The lowest BCUT2D eigenvalue weighted by atomic mass is 10.3. The molecule has 0 aliphatic rings. The van der Waals surface area contributed by atoms with Crippen molar-refractivity contribution >= 4 is 11.6 Å². The summed E-state index contributed by atoms with van der Waals surface area (Å²) in [5.74, 6) is 0.0453. The van der Waals surface area contributed by atoms with Gasteiger partial charge in [0.1, 0.15) is 5.69 Å². The molecule has 0 aliphatic heterocycles. The standard InChI is InChI=1S/C14H26N4O/c1-5-7-18-11-12(15)10-13(18)14(19)17(4)9-6-8-16(2)3/h10-11H,5-9,15H2,1-4H3. The van der Waals surface area contributed by atoms with Crippen molar-refractivity contribution in [2.24, 2.45) is 0 Å².